The van der Waals surface area contributed by atoms with E-state index in [0.29, 0.717) is 23.7 Å². The first-order valence-corrected chi connectivity index (χ1v) is 9.51. The molecule has 1 N–H and O–H groups in total. The highest BCUT2D eigenvalue weighted by Crippen LogP contribution is 2.29. The van der Waals surface area contributed by atoms with E-state index in [9.17, 15) is 9.59 Å². The number of amides is 2. The molecule has 0 bridgehead atoms. The predicted octanol–water partition coefficient (Wildman–Crippen LogP) is 3.43. The van der Waals surface area contributed by atoms with E-state index in [-0.39, 0.29) is 11.8 Å². The molecular formula is C18H22N4O2S. The highest BCUT2D eigenvalue weighted by atomic mass is 32.1. The summed E-state index contributed by atoms with van der Waals surface area (Å²) in [5, 5.41) is 12.4. The minimum atomic E-state index is -0.193. The van der Waals surface area contributed by atoms with Crippen molar-refractivity contribution in [1.29, 1.82) is 0 Å². The highest BCUT2D eigenvalue weighted by Gasteiger charge is 2.24. The second-order valence-electron chi connectivity index (χ2n) is 6.05. The first-order chi connectivity index (χ1) is 12.1. The minimum Gasteiger partial charge on any atom is -0.312 e. The summed E-state index contributed by atoms with van der Waals surface area (Å²) in [4.78, 5) is 26.2. The Morgan fingerprint density at radius 3 is 2.88 bits per heavy atom. The molecule has 0 unspecified atom stereocenters. The molecule has 6 nitrogen and oxygen atoms in total. The van der Waals surface area contributed by atoms with Gasteiger partial charge in [-0.3, -0.25) is 14.9 Å². The van der Waals surface area contributed by atoms with E-state index in [0.717, 1.165) is 41.9 Å². The first kappa shape index (κ1) is 17.5. The van der Waals surface area contributed by atoms with Crippen LogP contribution in [-0.2, 0) is 17.6 Å². The van der Waals surface area contributed by atoms with Crippen LogP contribution in [0.1, 0.15) is 54.0 Å². The van der Waals surface area contributed by atoms with Crippen LogP contribution in [0.4, 0.5) is 10.8 Å². The van der Waals surface area contributed by atoms with E-state index < -0.39 is 0 Å². The number of carbonyl (C=O) groups excluding carboxylic acids is 2. The zero-order valence-electron chi connectivity index (χ0n) is 14.5. The number of unbranched alkanes of at least 4 members (excludes halogenated alkanes) is 1. The van der Waals surface area contributed by atoms with Gasteiger partial charge in [0.2, 0.25) is 11.0 Å². The van der Waals surface area contributed by atoms with E-state index in [1.807, 2.05) is 19.1 Å². The third kappa shape index (κ3) is 3.87. The van der Waals surface area contributed by atoms with Crippen molar-refractivity contribution in [2.24, 2.45) is 0 Å². The lowest BCUT2D eigenvalue weighted by molar-refractivity contribution is -0.118. The number of anilines is 2. The molecule has 7 heteroatoms. The largest absolute Gasteiger partial charge is 0.312 e. The lowest BCUT2D eigenvalue weighted by atomic mass is 10.1. The van der Waals surface area contributed by atoms with Crippen LogP contribution in [0, 0.1) is 0 Å². The number of hydrogen-bond acceptors (Lipinski definition) is 5. The summed E-state index contributed by atoms with van der Waals surface area (Å²) in [7, 11) is 0. The summed E-state index contributed by atoms with van der Waals surface area (Å²) in [6.45, 7) is 4.68. The number of aryl methyl sites for hydroxylation is 1. The maximum atomic E-state index is 12.5. The second-order valence-corrected chi connectivity index (χ2v) is 7.11. The predicted molar refractivity (Wildman–Crippen MR) is 99.3 cm³/mol. The van der Waals surface area contributed by atoms with Crippen LogP contribution < -0.4 is 10.2 Å². The van der Waals surface area contributed by atoms with E-state index in [4.69, 9.17) is 0 Å². The highest BCUT2D eigenvalue weighted by molar-refractivity contribution is 7.15. The number of benzene rings is 1. The summed E-state index contributed by atoms with van der Waals surface area (Å²) in [5.74, 6) is -0.0781. The van der Waals surface area contributed by atoms with Gasteiger partial charge in [-0.05, 0) is 36.6 Å². The van der Waals surface area contributed by atoms with Crippen LogP contribution in [0.3, 0.4) is 0 Å². The Labute approximate surface area is 151 Å². The molecule has 2 amide bonds. The van der Waals surface area contributed by atoms with Crippen LogP contribution in [-0.4, -0.2) is 28.6 Å². The number of nitrogens with one attached hydrogen (secondary N) is 1. The quantitative estimate of drug-likeness (QED) is 0.858. The van der Waals surface area contributed by atoms with Gasteiger partial charge in [0.25, 0.3) is 5.91 Å². The van der Waals surface area contributed by atoms with E-state index in [1.165, 1.54) is 11.3 Å². The molecule has 132 valence electrons. The summed E-state index contributed by atoms with van der Waals surface area (Å²) in [5.41, 5.74) is 2.53. The van der Waals surface area contributed by atoms with Crippen molar-refractivity contribution in [3.05, 3.63) is 34.3 Å². The van der Waals surface area contributed by atoms with Gasteiger partial charge >= 0.3 is 0 Å². The number of aromatic nitrogens is 2. The SMILES string of the molecule is CCCCc1nnc(NC(=O)c2ccc3c(c2)CCN3C(=O)CC)s1. The lowest BCUT2D eigenvalue weighted by Gasteiger charge is -2.16. The van der Waals surface area contributed by atoms with E-state index in [2.05, 4.69) is 22.4 Å². The van der Waals surface area contributed by atoms with Crippen molar-refractivity contribution in [3.8, 4) is 0 Å². The van der Waals surface area contributed by atoms with Gasteiger partial charge in [-0.25, -0.2) is 0 Å². The summed E-state index contributed by atoms with van der Waals surface area (Å²) < 4.78 is 0. The Morgan fingerprint density at radius 2 is 2.12 bits per heavy atom. The maximum Gasteiger partial charge on any atom is 0.257 e. The van der Waals surface area contributed by atoms with Crippen molar-refractivity contribution in [2.75, 3.05) is 16.8 Å². The topological polar surface area (TPSA) is 75.2 Å². The third-order valence-electron chi connectivity index (χ3n) is 4.27. The molecule has 0 radical (unpaired) electrons. The van der Waals surface area contributed by atoms with Gasteiger partial charge in [0.15, 0.2) is 0 Å². The molecule has 1 aliphatic heterocycles. The van der Waals surface area contributed by atoms with Crippen molar-refractivity contribution in [1.82, 2.24) is 10.2 Å². The molecule has 2 heterocycles. The average Bonchev–Trinajstić information content (AvgIpc) is 3.25. The monoisotopic (exact) mass is 358 g/mol. The van der Waals surface area contributed by atoms with Crippen molar-refractivity contribution in [2.45, 2.75) is 46.0 Å². The molecule has 0 aliphatic carbocycles. The fourth-order valence-corrected chi connectivity index (χ4v) is 3.67. The lowest BCUT2D eigenvalue weighted by Crippen LogP contribution is -2.27. The number of fused-ring (bicyclic) bond motifs is 1. The Morgan fingerprint density at radius 1 is 1.28 bits per heavy atom. The molecule has 2 aromatic rings. The molecule has 1 aliphatic rings. The molecule has 0 atom stereocenters. The molecule has 3 rings (SSSR count). The van der Waals surface area contributed by atoms with Gasteiger partial charge in [-0.2, -0.15) is 0 Å². The molecule has 0 saturated heterocycles. The summed E-state index contributed by atoms with van der Waals surface area (Å²) in [6, 6.07) is 5.48. The Hall–Kier alpha value is -2.28. The van der Waals surface area contributed by atoms with Crippen LogP contribution in [0.15, 0.2) is 18.2 Å². The molecule has 0 spiro atoms. The standard InChI is InChI=1S/C18H22N4O2S/c1-3-5-6-15-20-21-18(25-15)19-17(24)13-7-8-14-12(11-13)9-10-22(14)16(23)4-2/h7-8,11H,3-6,9-10H2,1-2H3,(H,19,21,24). The molecule has 1 aromatic carbocycles. The summed E-state index contributed by atoms with van der Waals surface area (Å²) in [6.07, 6.45) is 4.33. The molecule has 1 aromatic heterocycles. The Kier molecular flexibility index (Phi) is 5.43. The second kappa shape index (κ2) is 7.74. The van der Waals surface area contributed by atoms with Crippen LogP contribution in [0.2, 0.25) is 0 Å². The van der Waals surface area contributed by atoms with Gasteiger partial charge in [-0.1, -0.05) is 31.6 Å². The van der Waals surface area contributed by atoms with Crippen LogP contribution in [0.5, 0.6) is 0 Å². The van der Waals surface area contributed by atoms with E-state index >= 15 is 0 Å². The van der Waals surface area contributed by atoms with Gasteiger partial charge in [0.1, 0.15) is 5.01 Å². The zero-order valence-corrected chi connectivity index (χ0v) is 15.4. The molecular weight excluding hydrogens is 336 g/mol. The maximum absolute atomic E-state index is 12.5. The van der Waals surface area contributed by atoms with Gasteiger partial charge < -0.3 is 4.90 Å². The fraction of sp³-hybridized carbons (Fsp3) is 0.444. The number of rotatable bonds is 6. The molecule has 0 saturated carbocycles. The van der Waals surface area contributed by atoms with Crippen molar-refractivity contribution >= 4 is 34.0 Å². The smallest absolute Gasteiger partial charge is 0.257 e. The minimum absolute atomic E-state index is 0.115. The number of nitrogens with zero attached hydrogens (tertiary/aromatic N) is 3. The van der Waals surface area contributed by atoms with Gasteiger partial charge in [-0.15, -0.1) is 10.2 Å². The van der Waals surface area contributed by atoms with Crippen molar-refractivity contribution in [3.63, 3.8) is 0 Å². The number of hydrogen-bond donors (Lipinski definition) is 1. The molecule has 25 heavy (non-hydrogen) atoms. The Bertz CT molecular complexity index is 787. The molecule has 0 fully saturated rings. The van der Waals surface area contributed by atoms with Gasteiger partial charge in [0.05, 0.1) is 0 Å². The van der Waals surface area contributed by atoms with Crippen LogP contribution in [0.25, 0.3) is 0 Å². The fourth-order valence-electron chi connectivity index (χ4n) is 2.90. The van der Waals surface area contributed by atoms with Crippen molar-refractivity contribution < 1.29 is 9.59 Å². The zero-order chi connectivity index (χ0) is 17.8. The third-order valence-corrected chi connectivity index (χ3v) is 5.17. The van der Waals surface area contributed by atoms with Gasteiger partial charge in [0, 0.05) is 30.6 Å². The van der Waals surface area contributed by atoms with Crippen LogP contribution >= 0.6 is 11.3 Å². The van der Waals surface area contributed by atoms with E-state index in [1.54, 1.807) is 11.0 Å². The summed E-state index contributed by atoms with van der Waals surface area (Å²) >= 11 is 1.42. The first-order valence-electron chi connectivity index (χ1n) is 8.69. The normalized spacial score (nSPS) is 13.0. The number of carbonyl (C=O) groups is 2. The average molecular weight is 358 g/mol. The Balaban J connectivity index is 1.69.